The SMILES string of the molecule is C=C[C@H](C)/C=C/COC(=O)CN(C(=O)OC(C)(C)C)C(=O)OC(C)(C)C. The number of nitrogens with zero attached hydrogens (tertiary/aromatic N) is 1. The lowest BCUT2D eigenvalue weighted by Gasteiger charge is -2.28. The molecule has 7 nitrogen and oxygen atoms in total. The Balaban J connectivity index is 4.97. The maximum absolute atomic E-state index is 12.2. The Hall–Kier alpha value is -2.31. The van der Waals surface area contributed by atoms with Gasteiger partial charge in [0, 0.05) is 0 Å². The van der Waals surface area contributed by atoms with Crippen molar-refractivity contribution >= 4 is 18.2 Å². The minimum atomic E-state index is -0.973. The van der Waals surface area contributed by atoms with E-state index in [0.717, 1.165) is 0 Å². The maximum Gasteiger partial charge on any atom is 0.420 e. The largest absolute Gasteiger partial charge is 0.460 e. The number of carbonyl (C=O) groups excluding carboxylic acids is 3. The van der Waals surface area contributed by atoms with Gasteiger partial charge in [-0.1, -0.05) is 25.2 Å². The first-order chi connectivity index (χ1) is 11.7. The van der Waals surface area contributed by atoms with E-state index in [2.05, 4.69) is 6.58 Å². The van der Waals surface area contributed by atoms with Crippen LogP contribution >= 0.6 is 0 Å². The second-order valence-corrected chi connectivity index (χ2v) is 7.75. The van der Waals surface area contributed by atoms with Crippen molar-refractivity contribution in [3.05, 3.63) is 24.8 Å². The summed E-state index contributed by atoms with van der Waals surface area (Å²) >= 11 is 0. The van der Waals surface area contributed by atoms with Gasteiger partial charge < -0.3 is 14.2 Å². The van der Waals surface area contributed by atoms with Gasteiger partial charge in [0.1, 0.15) is 24.4 Å². The number of ether oxygens (including phenoxy) is 3. The van der Waals surface area contributed by atoms with Crippen LogP contribution in [-0.2, 0) is 19.0 Å². The summed E-state index contributed by atoms with van der Waals surface area (Å²) < 4.78 is 15.3. The zero-order valence-corrected chi connectivity index (χ0v) is 16.8. The van der Waals surface area contributed by atoms with Gasteiger partial charge in [-0.15, -0.1) is 6.58 Å². The zero-order chi connectivity index (χ0) is 20.5. The molecular formula is C19H31NO6. The van der Waals surface area contributed by atoms with Gasteiger partial charge in [0.25, 0.3) is 0 Å². The number of hydrogen-bond acceptors (Lipinski definition) is 6. The molecule has 26 heavy (non-hydrogen) atoms. The Morgan fingerprint density at radius 2 is 1.46 bits per heavy atom. The molecule has 0 unspecified atom stereocenters. The highest BCUT2D eigenvalue weighted by Crippen LogP contribution is 2.14. The van der Waals surface area contributed by atoms with Crippen molar-refractivity contribution in [2.75, 3.05) is 13.2 Å². The van der Waals surface area contributed by atoms with Crippen LogP contribution in [0, 0.1) is 5.92 Å². The van der Waals surface area contributed by atoms with Crippen LogP contribution in [0.3, 0.4) is 0 Å². The van der Waals surface area contributed by atoms with Gasteiger partial charge in [0.05, 0.1) is 0 Å². The van der Waals surface area contributed by atoms with Crippen LogP contribution in [0.15, 0.2) is 24.8 Å². The van der Waals surface area contributed by atoms with Gasteiger partial charge in [0.15, 0.2) is 0 Å². The lowest BCUT2D eigenvalue weighted by atomic mass is 10.2. The molecule has 0 aromatic heterocycles. The molecule has 0 fully saturated rings. The Labute approximate surface area is 156 Å². The van der Waals surface area contributed by atoms with Crippen LogP contribution in [0.25, 0.3) is 0 Å². The monoisotopic (exact) mass is 369 g/mol. The minimum Gasteiger partial charge on any atom is -0.460 e. The molecule has 0 rings (SSSR count). The number of imide groups is 1. The minimum absolute atomic E-state index is 0.0213. The number of rotatable bonds is 6. The van der Waals surface area contributed by atoms with Crippen LogP contribution in [0.1, 0.15) is 48.5 Å². The van der Waals surface area contributed by atoms with E-state index in [1.54, 1.807) is 53.7 Å². The highest BCUT2D eigenvalue weighted by molar-refractivity contribution is 5.92. The van der Waals surface area contributed by atoms with Crippen molar-refractivity contribution in [3.8, 4) is 0 Å². The Morgan fingerprint density at radius 3 is 1.85 bits per heavy atom. The molecule has 0 aromatic carbocycles. The van der Waals surface area contributed by atoms with E-state index in [1.165, 1.54) is 0 Å². The standard InChI is InChI=1S/C19H31NO6/c1-9-14(2)11-10-12-24-15(21)13-20(16(22)25-18(3,4)5)17(23)26-19(6,7)8/h9-11,14H,1,12-13H2,2-8H3/b11-10+/t14-/m0/s1. The molecule has 0 aliphatic heterocycles. The molecule has 2 amide bonds. The van der Waals surface area contributed by atoms with E-state index >= 15 is 0 Å². The van der Waals surface area contributed by atoms with Gasteiger partial charge in [-0.2, -0.15) is 0 Å². The molecular weight excluding hydrogens is 338 g/mol. The molecule has 0 radical (unpaired) electrons. The van der Waals surface area contributed by atoms with Crippen LogP contribution < -0.4 is 0 Å². The van der Waals surface area contributed by atoms with Crippen LogP contribution in [0.2, 0.25) is 0 Å². The highest BCUT2D eigenvalue weighted by atomic mass is 16.6. The summed E-state index contributed by atoms with van der Waals surface area (Å²) in [5.74, 6) is -0.605. The van der Waals surface area contributed by atoms with Crippen molar-refractivity contribution < 1.29 is 28.6 Å². The number of amides is 2. The molecule has 0 aliphatic rings. The molecule has 0 aromatic rings. The molecule has 1 atom stereocenters. The average Bonchev–Trinajstić information content (AvgIpc) is 2.45. The molecule has 0 saturated carbocycles. The first kappa shape index (κ1) is 23.7. The van der Waals surface area contributed by atoms with E-state index in [1.807, 2.05) is 13.0 Å². The first-order valence-electron chi connectivity index (χ1n) is 8.43. The van der Waals surface area contributed by atoms with Gasteiger partial charge in [-0.25, -0.2) is 14.5 Å². The smallest absolute Gasteiger partial charge is 0.420 e. The van der Waals surface area contributed by atoms with Crippen molar-refractivity contribution in [3.63, 3.8) is 0 Å². The van der Waals surface area contributed by atoms with Crippen molar-refractivity contribution in [1.82, 2.24) is 4.90 Å². The summed E-state index contributed by atoms with van der Waals surface area (Å²) in [6.07, 6.45) is 3.28. The molecule has 0 saturated heterocycles. The normalized spacial score (nSPS) is 13.0. The van der Waals surface area contributed by atoms with E-state index in [0.29, 0.717) is 4.90 Å². The van der Waals surface area contributed by atoms with Gasteiger partial charge in [0.2, 0.25) is 0 Å². The Morgan fingerprint density at radius 1 is 1.00 bits per heavy atom. The van der Waals surface area contributed by atoms with E-state index < -0.39 is 35.9 Å². The molecule has 148 valence electrons. The predicted octanol–water partition coefficient (Wildman–Crippen LogP) is 4.08. The average molecular weight is 369 g/mol. The fraction of sp³-hybridized carbons (Fsp3) is 0.632. The molecule has 7 heteroatoms. The van der Waals surface area contributed by atoms with Crippen LogP contribution in [-0.4, -0.2) is 47.4 Å². The summed E-state index contributed by atoms with van der Waals surface area (Å²) in [6, 6.07) is 0. The van der Waals surface area contributed by atoms with Crippen molar-refractivity contribution in [1.29, 1.82) is 0 Å². The molecule has 0 N–H and O–H groups in total. The number of esters is 1. The summed E-state index contributed by atoms with van der Waals surface area (Å²) in [6.45, 7) is 14.9. The third-order valence-corrected chi connectivity index (χ3v) is 2.67. The van der Waals surface area contributed by atoms with Crippen molar-refractivity contribution in [2.24, 2.45) is 5.92 Å². The van der Waals surface area contributed by atoms with Gasteiger partial charge in [-0.05, 0) is 47.5 Å². The first-order valence-corrected chi connectivity index (χ1v) is 8.43. The van der Waals surface area contributed by atoms with E-state index in [9.17, 15) is 14.4 Å². The number of hydrogen-bond donors (Lipinski definition) is 0. The van der Waals surface area contributed by atoms with Gasteiger partial charge >= 0.3 is 18.2 Å². The maximum atomic E-state index is 12.2. The third kappa shape index (κ3) is 11.3. The Kier molecular flexibility index (Phi) is 9.10. The molecule has 0 aliphatic carbocycles. The quantitative estimate of drug-likeness (QED) is 0.399. The van der Waals surface area contributed by atoms with E-state index in [4.69, 9.17) is 14.2 Å². The fourth-order valence-corrected chi connectivity index (χ4v) is 1.50. The summed E-state index contributed by atoms with van der Waals surface area (Å²) in [4.78, 5) is 37.1. The van der Waals surface area contributed by atoms with Crippen molar-refractivity contribution in [2.45, 2.75) is 59.7 Å². The summed E-state index contributed by atoms with van der Waals surface area (Å²) in [5.41, 5.74) is -1.66. The fourth-order valence-electron chi connectivity index (χ4n) is 1.50. The van der Waals surface area contributed by atoms with Crippen LogP contribution in [0.4, 0.5) is 9.59 Å². The lowest BCUT2D eigenvalue weighted by molar-refractivity contribution is -0.143. The Bertz CT molecular complexity index is 511. The topological polar surface area (TPSA) is 82.1 Å². The molecule has 0 spiro atoms. The second kappa shape index (κ2) is 9.99. The summed E-state index contributed by atoms with van der Waals surface area (Å²) in [7, 11) is 0. The molecule has 0 heterocycles. The third-order valence-electron chi connectivity index (χ3n) is 2.67. The van der Waals surface area contributed by atoms with Gasteiger partial charge in [-0.3, -0.25) is 4.79 Å². The number of carbonyl (C=O) groups is 3. The van der Waals surface area contributed by atoms with E-state index in [-0.39, 0.29) is 12.5 Å². The number of allylic oxidation sites excluding steroid dienone is 2. The lowest BCUT2D eigenvalue weighted by Crippen LogP contribution is -2.46. The summed E-state index contributed by atoms with van der Waals surface area (Å²) in [5, 5.41) is 0. The second-order valence-electron chi connectivity index (χ2n) is 7.75. The zero-order valence-electron chi connectivity index (χ0n) is 16.8. The molecule has 0 bridgehead atoms. The van der Waals surface area contributed by atoms with Crippen LogP contribution in [0.5, 0.6) is 0 Å². The predicted molar refractivity (Wildman–Crippen MR) is 98.6 cm³/mol. The highest BCUT2D eigenvalue weighted by Gasteiger charge is 2.33.